The van der Waals surface area contributed by atoms with E-state index in [2.05, 4.69) is 221 Å². The quantitative estimate of drug-likeness (QED) is 0.151. The first-order chi connectivity index (χ1) is 38.0. The van der Waals surface area contributed by atoms with Crippen molar-refractivity contribution in [2.24, 2.45) is 0 Å². The molecule has 0 N–H and O–H groups in total. The van der Waals surface area contributed by atoms with Gasteiger partial charge in [0, 0.05) is 49.7 Å². The monoisotopic (exact) mass is 1010 g/mol. The van der Waals surface area contributed by atoms with E-state index in [9.17, 15) is 10.5 Å². The lowest BCUT2D eigenvalue weighted by molar-refractivity contribution is 0.563. The van der Waals surface area contributed by atoms with Crippen LogP contribution in [0, 0.1) is 22.7 Å². The van der Waals surface area contributed by atoms with E-state index in [-0.39, 0.29) is 17.3 Å². The Bertz CT molecular complexity index is 4230. The number of benzene rings is 10. The molecule has 0 saturated heterocycles. The summed E-state index contributed by atoms with van der Waals surface area (Å²) < 4.78 is 14.1. The lowest BCUT2D eigenvalue weighted by atomic mass is 9.55. The molecule has 6 nitrogen and oxygen atoms in total. The molecule has 0 amide bonds. The van der Waals surface area contributed by atoms with E-state index < -0.39 is 5.41 Å². The third-order valence-corrected chi connectivity index (χ3v) is 16.9. The zero-order valence-corrected chi connectivity index (χ0v) is 44.4. The number of anilines is 6. The van der Waals surface area contributed by atoms with E-state index in [4.69, 9.17) is 8.83 Å². The van der Waals surface area contributed by atoms with E-state index >= 15 is 0 Å². The van der Waals surface area contributed by atoms with Crippen molar-refractivity contribution in [1.82, 2.24) is 0 Å². The van der Waals surface area contributed by atoms with Crippen molar-refractivity contribution in [3.05, 3.63) is 262 Å². The zero-order valence-electron chi connectivity index (χ0n) is 44.4. The van der Waals surface area contributed by atoms with Crippen LogP contribution in [0.5, 0.6) is 0 Å². The molecule has 6 heteroatoms. The van der Waals surface area contributed by atoms with Gasteiger partial charge in [-0.25, -0.2) is 0 Å². The van der Waals surface area contributed by atoms with Crippen LogP contribution in [0.3, 0.4) is 0 Å². The van der Waals surface area contributed by atoms with Gasteiger partial charge in [-0.3, -0.25) is 0 Å². The summed E-state index contributed by atoms with van der Waals surface area (Å²) in [5.41, 5.74) is 21.1. The summed E-state index contributed by atoms with van der Waals surface area (Å²) in [5, 5.41) is 24.3. The predicted molar refractivity (Wildman–Crippen MR) is 317 cm³/mol. The zero-order chi connectivity index (χ0) is 53.2. The Labute approximate surface area is 454 Å². The van der Waals surface area contributed by atoms with Crippen molar-refractivity contribution in [1.29, 1.82) is 10.5 Å². The Balaban J connectivity index is 1.06. The largest absolute Gasteiger partial charge is 0.454 e. The van der Waals surface area contributed by atoms with Gasteiger partial charge in [0.2, 0.25) is 0 Å². The standard InChI is InChI=1S/C72H54N4O2/c1-43(2)51-15-11-17-53-55-19-13-25-65(69(55)77-67(51)53)75(47-31-27-45(41-73)28-32-47)49-35-37-59-57(39-49)58-40-50(36-38-60(58)72(59)63-23-9-7-21-61(63)71(5,6)62-22-8-10-24-64(62)72)76(48-33-29-46(42-74)30-34-48)66-26-14-20-56-54-18-12-16-52(44(3)4)68(54)78-70(56)66/h7-40,43-44H,1-6H3. The first-order valence-electron chi connectivity index (χ1n) is 27.0. The van der Waals surface area contributed by atoms with Crippen molar-refractivity contribution in [2.45, 2.75) is 64.2 Å². The van der Waals surface area contributed by atoms with Gasteiger partial charge in [-0.05, 0) is 152 Å². The summed E-state index contributed by atoms with van der Waals surface area (Å²) >= 11 is 0. The highest BCUT2D eigenvalue weighted by atomic mass is 16.3. The maximum atomic E-state index is 10.0. The van der Waals surface area contributed by atoms with Gasteiger partial charge in [0.05, 0.1) is 40.1 Å². The van der Waals surface area contributed by atoms with E-state index in [1.54, 1.807) is 0 Å². The number of furan rings is 2. The summed E-state index contributed by atoms with van der Waals surface area (Å²) in [4.78, 5) is 4.58. The van der Waals surface area contributed by atoms with E-state index in [1.807, 2.05) is 48.5 Å². The van der Waals surface area contributed by atoms with Gasteiger partial charge < -0.3 is 18.6 Å². The molecule has 0 saturated carbocycles. The van der Waals surface area contributed by atoms with Crippen molar-refractivity contribution in [3.8, 4) is 23.3 Å². The lowest BCUT2D eigenvalue weighted by Gasteiger charge is -2.46. The molecule has 374 valence electrons. The molecule has 2 aliphatic rings. The number of nitrogens with zero attached hydrogens (tertiary/aromatic N) is 4. The smallest absolute Gasteiger partial charge is 0.159 e. The van der Waals surface area contributed by atoms with E-state index in [1.165, 1.54) is 33.4 Å². The second kappa shape index (κ2) is 17.5. The average molecular weight is 1010 g/mol. The van der Waals surface area contributed by atoms with Gasteiger partial charge in [0.15, 0.2) is 11.2 Å². The average Bonchev–Trinajstić information content (AvgIpc) is 3.60. The third kappa shape index (κ3) is 6.66. The lowest BCUT2D eigenvalue weighted by Crippen LogP contribution is -2.40. The summed E-state index contributed by atoms with van der Waals surface area (Å²) in [6, 6.07) is 78.3. The SMILES string of the molecule is CC(C)c1cccc2c1oc1c(N(c3ccc(C#N)cc3)c3ccc4c(c3)-c3cc(N(c5ccc(C#N)cc5)c5cccc6c5oc5c(C(C)C)cccc56)ccc3C43c4ccccc4C(C)(C)c4ccccc43)cccc12. The molecule has 78 heavy (non-hydrogen) atoms. The number of rotatable bonds is 8. The van der Waals surface area contributed by atoms with Crippen molar-refractivity contribution < 1.29 is 8.83 Å². The molecule has 10 aromatic carbocycles. The van der Waals surface area contributed by atoms with Gasteiger partial charge in [-0.1, -0.05) is 163 Å². The fourth-order valence-corrected chi connectivity index (χ4v) is 13.3. The molecule has 14 rings (SSSR count). The molecular formula is C72H54N4O2. The van der Waals surface area contributed by atoms with Crippen LogP contribution in [0.15, 0.2) is 215 Å². The minimum atomic E-state index is -0.680. The van der Waals surface area contributed by atoms with Crippen LogP contribution in [0.2, 0.25) is 0 Å². The molecule has 0 atom stereocenters. The Hall–Kier alpha value is -9.62. The van der Waals surface area contributed by atoms with Crippen LogP contribution in [0.4, 0.5) is 34.1 Å². The number of nitriles is 2. The van der Waals surface area contributed by atoms with Crippen LogP contribution in [0.25, 0.3) is 55.0 Å². The van der Waals surface area contributed by atoms with Crippen LogP contribution < -0.4 is 9.80 Å². The third-order valence-electron chi connectivity index (χ3n) is 16.9. The molecule has 0 unspecified atom stereocenters. The van der Waals surface area contributed by atoms with Gasteiger partial charge in [0.1, 0.15) is 11.2 Å². The molecule has 0 aliphatic heterocycles. The predicted octanol–water partition coefficient (Wildman–Crippen LogP) is 19.4. The van der Waals surface area contributed by atoms with Crippen LogP contribution in [0.1, 0.15) is 109 Å². The second-order valence-electron chi connectivity index (χ2n) is 22.2. The summed E-state index contributed by atoms with van der Waals surface area (Å²) in [5.74, 6) is 0.526. The van der Waals surface area contributed by atoms with Crippen molar-refractivity contribution in [3.63, 3.8) is 0 Å². The summed E-state index contributed by atoms with van der Waals surface area (Å²) in [6.07, 6.45) is 0. The van der Waals surface area contributed by atoms with Gasteiger partial charge >= 0.3 is 0 Å². The highest BCUT2D eigenvalue weighted by Gasteiger charge is 2.53. The molecule has 0 radical (unpaired) electrons. The number of fused-ring (bicyclic) bond motifs is 15. The Kier molecular flexibility index (Phi) is 10.5. The Morgan fingerprint density at radius 3 is 1.12 bits per heavy atom. The van der Waals surface area contributed by atoms with E-state index in [0.717, 1.165) is 100 Å². The molecule has 2 aliphatic carbocycles. The van der Waals surface area contributed by atoms with Crippen molar-refractivity contribution >= 4 is 78.0 Å². The number of hydrogen-bond donors (Lipinski definition) is 0. The van der Waals surface area contributed by atoms with Crippen LogP contribution in [-0.4, -0.2) is 0 Å². The Morgan fingerprint density at radius 1 is 0.372 bits per heavy atom. The maximum absolute atomic E-state index is 10.0. The first-order valence-corrected chi connectivity index (χ1v) is 27.0. The molecule has 2 heterocycles. The van der Waals surface area contributed by atoms with Crippen LogP contribution >= 0.6 is 0 Å². The number of hydrogen-bond acceptors (Lipinski definition) is 6. The second-order valence-corrected chi connectivity index (χ2v) is 22.2. The van der Waals surface area contributed by atoms with Crippen LogP contribution in [-0.2, 0) is 10.8 Å². The molecule has 2 aromatic heterocycles. The topological polar surface area (TPSA) is 80.3 Å². The van der Waals surface area contributed by atoms with Crippen molar-refractivity contribution in [2.75, 3.05) is 9.80 Å². The normalized spacial score (nSPS) is 13.7. The molecule has 1 spiro atoms. The highest BCUT2D eigenvalue weighted by molar-refractivity contribution is 6.13. The Morgan fingerprint density at radius 2 is 0.731 bits per heavy atom. The summed E-state index contributed by atoms with van der Waals surface area (Å²) in [6.45, 7) is 13.6. The fraction of sp³-hybridized carbons (Fsp3) is 0.139. The van der Waals surface area contributed by atoms with E-state index in [0.29, 0.717) is 11.1 Å². The first kappa shape index (κ1) is 46.9. The molecular weight excluding hydrogens is 953 g/mol. The van der Waals surface area contributed by atoms with Gasteiger partial charge in [0.25, 0.3) is 0 Å². The molecule has 0 bridgehead atoms. The summed E-state index contributed by atoms with van der Waals surface area (Å²) in [7, 11) is 0. The highest BCUT2D eigenvalue weighted by Crippen LogP contribution is 2.63. The maximum Gasteiger partial charge on any atom is 0.159 e. The molecule has 0 fully saturated rings. The minimum Gasteiger partial charge on any atom is -0.454 e. The fourth-order valence-electron chi connectivity index (χ4n) is 13.3. The molecule has 12 aromatic rings. The van der Waals surface area contributed by atoms with Gasteiger partial charge in [-0.2, -0.15) is 10.5 Å². The minimum absolute atomic E-state index is 0.263. The van der Waals surface area contributed by atoms with Gasteiger partial charge in [-0.15, -0.1) is 0 Å². The number of para-hydroxylation sites is 4.